The van der Waals surface area contributed by atoms with E-state index in [0.717, 1.165) is 45.1 Å². The molecule has 4 heteroatoms. The number of nitrogens with zero attached hydrogens (tertiary/aromatic N) is 2. The molecule has 0 bridgehead atoms. The van der Waals surface area contributed by atoms with Crippen LogP contribution in [0.3, 0.4) is 0 Å². The van der Waals surface area contributed by atoms with Gasteiger partial charge in [0.1, 0.15) is 17.0 Å². The van der Waals surface area contributed by atoms with E-state index in [4.69, 9.17) is 4.42 Å². The highest BCUT2D eigenvalue weighted by molar-refractivity contribution is 6.19. The highest BCUT2D eigenvalue weighted by atomic mass is 16.3. The van der Waals surface area contributed by atoms with Crippen LogP contribution in [-0.4, -0.2) is 12.2 Å². The molecule has 1 amide bonds. The van der Waals surface area contributed by atoms with Gasteiger partial charge in [0, 0.05) is 22.6 Å². The fourth-order valence-electron chi connectivity index (χ4n) is 3.39. The number of anilines is 1. The van der Waals surface area contributed by atoms with Gasteiger partial charge in [-0.1, -0.05) is 67.8 Å². The molecule has 2 rings (SSSR count). The molecule has 0 radical (unpaired) electrons. The number of allylic oxidation sites excluding steroid dienone is 6. The maximum absolute atomic E-state index is 12.2. The first kappa shape index (κ1) is 27.1. The van der Waals surface area contributed by atoms with Crippen molar-refractivity contribution >= 4 is 36.2 Å². The number of carbonyl (C=O) groups excluding carboxylic acids is 1. The highest BCUT2D eigenvalue weighted by Crippen LogP contribution is 2.21. The van der Waals surface area contributed by atoms with Crippen molar-refractivity contribution in [2.75, 3.05) is 4.90 Å². The third kappa shape index (κ3) is 6.67. The first-order chi connectivity index (χ1) is 16.8. The molecular weight excluding hydrogens is 432 g/mol. The summed E-state index contributed by atoms with van der Waals surface area (Å²) in [7, 11) is 0. The Bertz CT molecular complexity index is 1340. The van der Waals surface area contributed by atoms with E-state index >= 15 is 0 Å². The molecule has 2 aromatic rings. The van der Waals surface area contributed by atoms with Crippen molar-refractivity contribution in [3.8, 4) is 0 Å². The van der Waals surface area contributed by atoms with Crippen molar-refractivity contribution in [3.63, 3.8) is 0 Å². The molecule has 1 aromatic carbocycles. The first-order valence-electron chi connectivity index (χ1n) is 11.4. The van der Waals surface area contributed by atoms with Crippen molar-refractivity contribution < 1.29 is 9.21 Å². The molecule has 180 valence electrons. The van der Waals surface area contributed by atoms with E-state index in [1.54, 1.807) is 18.4 Å². The minimum Gasteiger partial charge on any atom is -0.456 e. The molecule has 0 unspecified atom stereocenters. The van der Waals surface area contributed by atoms with Gasteiger partial charge in [0.05, 0.1) is 5.69 Å². The minimum atomic E-state index is 0.482. The Kier molecular flexibility index (Phi) is 9.98. The summed E-state index contributed by atoms with van der Waals surface area (Å²) in [6.07, 6.45) is 15.3. The molecule has 0 saturated carbocycles. The zero-order chi connectivity index (χ0) is 26.0. The SMILES string of the molecule is C=CC(=C\C)/C(=N/C=C/C=C\C=C(C)C)N(C=O)c1ccc(/C(C)=c2\oc(C=C)c(C)c2=C)cc1. The second-order valence-electron chi connectivity index (χ2n) is 8.12. The summed E-state index contributed by atoms with van der Waals surface area (Å²) in [4.78, 5) is 18.2. The maximum Gasteiger partial charge on any atom is 0.219 e. The summed E-state index contributed by atoms with van der Waals surface area (Å²) >= 11 is 0. The van der Waals surface area contributed by atoms with Gasteiger partial charge in [0.2, 0.25) is 6.41 Å². The van der Waals surface area contributed by atoms with Gasteiger partial charge in [-0.25, -0.2) is 4.99 Å². The van der Waals surface area contributed by atoms with Crippen LogP contribution in [0.15, 0.2) is 101 Å². The van der Waals surface area contributed by atoms with Crippen LogP contribution in [0.1, 0.15) is 44.6 Å². The molecule has 0 aliphatic rings. The van der Waals surface area contributed by atoms with Crippen LogP contribution in [0.2, 0.25) is 0 Å². The molecule has 0 aliphatic heterocycles. The van der Waals surface area contributed by atoms with Crippen LogP contribution < -0.4 is 15.5 Å². The van der Waals surface area contributed by atoms with Crippen molar-refractivity contribution in [2.24, 2.45) is 4.99 Å². The zero-order valence-corrected chi connectivity index (χ0v) is 21.3. The van der Waals surface area contributed by atoms with Crippen LogP contribution in [0.5, 0.6) is 0 Å². The lowest BCUT2D eigenvalue weighted by atomic mass is 10.1. The fraction of sp³-hybridized carbons (Fsp3) is 0.161. The first-order valence-corrected chi connectivity index (χ1v) is 11.4. The molecule has 4 nitrogen and oxygen atoms in total. The van der Waals surface area contributed by atoms with E-state index in [1.165, 1.54) is 10.5 Å². The van der Waals surface area contributed by atoms with Crippen LogP contribution in [0, 0.1) is 6.92 Å². The average Bonchev–Trinajstić information content (AvgIpc) is 3.15. The van der Waals surface area contributed by atoms with Crippen molar-refractivity contribution in [1.29, 1.82) is 0 Å². The van der Waals surface area contributed by atoms with Gasteiger partial charge in [0.15, 0.2) is 0 Å². The number of carbonyl (C=O) groups is 1. The Morgan fingerprint density at radius 1 is 1.06 bits per heavy atom. The predicted molar refractivity (Wildman–Crippen MR) is 151 cm³/mol. The molecule has 0 aliphatic carbocycles. The summed E-state index contributed by atoms with van der Waals surface area (Å²) in [5, 5.41) is 0.847. The zero-order valence-electron chi connectivity index (χ0n) is 21.3. The lowest BCUT2D eigenvalue weighted by Gasteiger charge is -2.20. The number of aliphatic imine (C=N–C) groups is 1. The summed E-state index contributed by atoms with van der Waals surface area (Å²) in [5.74, 6) is 1.20. The van der Waals surface area contributed by atoms with Crippen molar-refractivity contribution in [1.82, 2.24) is 0 Å². The Morgan fingerprint density at radius 3 is 2.26 bits per heavy atom. The molecule has 0 atom stereocenters. The second kappa shape index (κ2) is 12.9. The topological polar surface area (TPSA) is 45.8 Å². The Morgan fingerprint density at radius 2 is 1.74 bits per heavy atom. The Labute approximate surface area is 208 Å². The normalized spacial score (nSPS) is 13.2. The smallest absolute Gasteiger partial charge is 0.219 e. The maximum atomic E-state index is 12.2. The molecule has 1 heterocycles. The fourth-order valence-corrected chi connectivity index (χ4v) is 3.39. The predicted octanol–water partition coefficient (Wildman–Crippen LogP) is 6.39. The third-order valence-corrected chi connectivity index (χ3v) is 5.47. The number of benzene rings is 1. The van der Waals surface area contributed by atoms with Crippen molar-refractivity contribution in [2.45, 2.75) is 34.6 Å². The molecule has 35 heavy (non-hydrogen) atoms. The van der Waals surface area contributed by atoms with E-state index in [-0.39, 0.29) is 0 Å². The highest BCUT2D eigenvalue weighted by Gasteiger charge is 2.15. The number of amidine groups is 1. The summed E-state index contributed by atoms with van der Waals surface area (Å²) in [6, 6.07) is 7.66. The quantitative estimate of drug-likeness (QED) is 0.186. The molecule has 0 saturated heterocycles. The number of hydrogen-bond donors (Lipinski definition) is 0. The van der Waals surface area contributed by atoms with E-state index in [1.807, 2.05) is 89.3 Å². The van der Waals surface area contributed by atoms with Crippen LogP contribution in [0.25, 0.3) is 18.2 Å². The largest absolute Gasteiger partial charge is 0.456 e. The molecule has 0 N–H and O–H groups in total. The molecular formula is C31H34N2O2. The van der Waals surface area contributed by atoms with Gasteiger partial charge < -0.3 is 4.42 Å². The summed E-state index contributed by atoms with van der Waals surface area (Å²) in [6.45, 7) is 21.7. The monoisotopic (exact) mass is 466 g/mol. The van der Waals surface area contributed by atoms with Crippen molar-refractivity contribution in [3.05, 3.63) is 119 Å². The van der Waals surface area contributed by atoms with Crippen LogP contribution in [-0.2, 0) is 4.79 Å². The van der Waals surface area contributed by atoms with E-state index in [9.17, 15) is 4.79 Å². The number of rotatable bonds is 9. The lowest BCUT2D eigenvalue weighted by Crippen LogP contribution is -2.30. The summed E-state index contributed by atoms with van der Waals surface area (Å²) in [5.41, 5.74) is 6.26. The van der Waals surface area contributed by atoms with Crippen LogP contribution in [0.4, 0.5) is 5.69 Å². The van der Waals surface area contributed by atoms with E-state index in [2.05, 4.69) is 24.7 Å². The van der Waals surface area contributed by atoms with E-state index < -0.39 is 0 Å². The number of hydrogen-bond acceptors (Lipinski definition) is 3. The Hall–Kier alpha value is -4.18. The second-order valence-corrected chi connectivity index (χ2v) is 8.12. The summed E-state index contributed by atoms with van der Waals surface area (Å²) < 4.78 is 5.95. The third-order valence-electron chi connectivity index (χ3n) is 5.47. The Balaban J connectivity index is 2.48. The lowest BCUT2D eigenvalue weighted by molar-refractivity contribution is -0.106. The molecule has 1 aromatic heterocycles. The van der Waals surface area contributed by atoms with E-state index in [0.29, 0.717) is 11.5 Å². The molecule has 0 fully saturated rings. The molecule has 0 spiro atoms. The van der Waals surface area contributed by atoms with Gasteiger partial charge in [-0.15, -0.1) is 0 Å². The van der Waals surface area contributed by atoms with Gasteiger partial charge in [-0.2, -0.15) is 0 Å². The number of amides is 1. The van der Waals surface area contributed by atoms with Gasteiger partial charge in [-0.3, -0.25) is 9.69 Å². The van der Waals surface area contributed by atoms with Gasteiger partial charge >= 0.3 is 0 Å². The van der Waals surface area contributed by atoms with Gasteiger partial charge in [-0.05, 0) is 70.0 Å². The van der Waals surface area contributed by atoms with Crippen LogP contribution >= 0.6 is 0 Å². The number of furan rings is 1. The standard InChI is InChI=1S/C31H34N2O2/c1-9-26(10-2)31(32-20-14-12-13-15-22(4)5)33(21-34)28-18-16-27(17-19-28)25(8)30-24(7)23(6)29(11-3)35-30/h9-21H,1,3,7H2,2,4-6,8H3/b13-12-,20-14+,26-10+,30-25-,32-31-. The average molecular weight is 467 g/mol. The van der Waals surface area contributed by atoms with Gasteiger partial charge in [0.25, 0.3) is 0 Å². The minimum absolute atomic E-state index is 0.482.